The maximum absolute atomic E-state index is 11.7. The van der Waals surface area contributed by atoms with Gasteiger partial charge in [0.2, 0.25) is 9.47 Å². The number of carbonyl (C=O) groups is 1. The second-order valence-electron chi connectivity index (χ2n) is 3.24. The Morgan fingerprint density at radius 3 is 2.63 bits per heavy atom. The quantitative estimate of drug-likeness (QED) is 0.692. The molecule has 0 unspecified atom stereocenters. The van der Waals surface area contributed by atoms with Gasteiger partial charge < -0.3 is 5.32 Å². The number of nitro groups is 1. The van der Waals surface area contributed by atoms with Crippen molar-refractivity contribution in [3.05, 3.63) is 42.8 Å². The monoisotopic (exact) mass is 318 g/mol. The Morgan fingerprint density at radius 1 is 1.37 bits per heavy atom. The molecule has 0 radical (unpaired) electrons. The van der Waals surface area contributed by atoms with Crippen molar-refractivity contribution in [1.29, 1.82) is 0 Å². The molecule has 0 saturated carbocycles. The lowest BCUT2D eigenvalue weighted by molar-refractivity contribution is -0.384. The summed E-state index contributed by atoms with van der Waals surface area (Å²) >= 11 is 12.2. The molecule has 0 bridgehead atoms. The van der Waals surface area contributed by atoms with Crippen molar-refractivity contribution in [2.24, 2.45) is 0 Å². The first-order valence-electron chi connectivity index (χ1n) is 4.71. The number of carbonyl (C=O) groups excluding carboxylic acids is 1. The molecule has 98 valence electrons. The van der Waals surface area contributed by atoms with Gasteiger partial charge in [-0.25, -0.2) is 0 Å². The van der Waals surface area contributed by atoms with Crippen molar-refractivity contribution in [1.82, 2.24) is 10.2 Å². The van der Waals surface area contributed by atoms with Crippen molar-refractivity contribution in [3.63, 3.8) is 0 Å². The van der Waals surface area contributed by atoms with Gasteiger partial charge >= 0.3 is 0 Å². The Kier molecular flexibility index (Phi) is 3.93. The van der Waals surface area contributed by atoms with E-state index < -0.39 is 10.8 Å². The molecular formula is C9H4Cl2N4O3S. The van der Waals surface area contributed by atoms with Crippen LogP contribution in [0.15, 0.2) is 18.2 Å². The van der Waals surface area contributed by atoms with E-state index in [1.807, 2.05) is 0 Å². The molecule has 0 saturated heterocycles. The largest absolute Gasteiger partial charge is 0.320 e. The summed E-state index contributed by atoms with van der Waals surface area (Å²) in [5.41, 5.74) is 0.0746. The predicted octanol–water partition coefficient (Wildman–Crippen LogP) is 3.01. The third-order valence-electron chi connectivity index (χ3n) is 2.00. The molecule has 7 nitrogen and oxygen atoms in total. The van der Waals surface area contributed by atoms with Crippen LogP contribution >= 0.6 is 34.5 Å². The Hall–Kier alpha value is -1.77. The summed E-state index contributed by atoms with van der Waals surface area (Å²) in [6.45, 7) is 0. The van der Waals surface area contributed by atoms with E-state index in [0.717, 1.165) is 11.3 Å². The van der Waals surface area contributed by atoms with Gasteiger partial charge in [0.25, 0.3) is 11.6 Å². The van der Waals surface area contributed by atoms with Crippen molar-refractivity contribution in [2.75, 3.05) is 5.32 Å². The van der Waals surface area contributed by atoms with E-state index >= 15 is 0 Å². The van der Waals surface area contributed by atoms with Crippen LogP contribution in [0.25, 0.3) is 0 Å². The standard InChI is InChI=1S/C9H4Cl2N4O3S/c10-5-3-4(1-2-6(5)15(17)18)12-7(16)8-13-14-9(11)19-8/h1-3H,(H,12,16). The first-order valence-corrected chi connectivity index (χ1v) is 6.29. The molecular weight excluding hydrogens is 315 g/mol. The van der Waals surface area contributed by atoms with Crippen molar-refractivity contribution in [2.45, 2.75) is 0 Å². The van der Waals surface area contributed by atoms with E-state index in [-0.39, 0.29) is 20.2 Å². The number of nitrogens with one attached hydrogen (secondary N) is 1. The van der Waals surface area contributed by atoms with Crippen LogP contribution in [0, 0.1) is 10.1 Å². The van der Waals surface area contributed by atoms with Crippen LogP contribution in [0.5, 0.6) is 0 Å². The molecule has 0 spiro atoms. The summed E-state index contributed by atoms with van der Waals surface area (Å²) in [5.74, 6) is -0.519. The van der Waals surface area contributed by atoms with Crippen LogP contribution in [0.3, 0.4) is 0 Å². The van der Waals surface area contributed by atoms with Crippen LogP contribution < -0.4 is 5.32 Å². The Labute approximate surface area is 120 Å². The maximum Gasteiger partial charge on any atom is 0.288 e. The minimum atomic E-state index is -0.613. The molecule has 1 N–H and O–H groups in total. The van der Waals surface area contributed by atoms with Crippen molar-refractivity contribution >= 4 is 51.8 Å². The molecule has 1 heterocycles. The fourth-order valence-electron chi connectivity index (χ4n) is 1.21. The zero-order valence-corrected chi connectivity index (χ0v) is 11.3. The van der Waals surface area contributed by atoms with Gasteiger partial charge in [-0.3, -0.25) is 14.9 Å². The lowest BCUT2D eigenvalue weighted by Crippen LogP contribution is -2.11. The number of hydrogen-bond acceptors (Lipinski definition) is 6. The topological polar surface area (TPSA) is 98.0 Å². The summed E-state index contributed by atoms with van der Waals surface area (Å²) in [6.07, 6.45) is 0. The van der Waals surface area contributed by atoms with Crippen LogP contribution in [0.1, 0.15) is 9.80 Å². The zero-order chi connectivity index (χ0) is 14.0. The molecule has 2 aromatic rings. The summed E-state index contributed by atoms with van der Waals surface area (Å²) in [7, 11) is 0. The average molecular weight is 319 g/mol. The van der Waals surface area contributed by atoms with Gasteiger partial charge in [0.1, 0.15) is 5.02 Å². The van der Waals surface area contributed by atoms with Gasteiger partial charge in [-0.1, -0.05) is 22.9 Å². The minimum Gasteiger partial charge on any atom is -0.320 e. The Morgan fingerprint density at radius 2 is 2.11 bits per heavy atom. The first kappa shape index (κ1) is 13.7. The summed E-state index contributed by atoms with van der Waals surface area (Å²) in [4.78, 5) is 21.7. The highest BCUT2D eigenvalue weighted by molar-refractivity contribution is 7.17. The van der Waals surface area contributed by atoms with Crippen molar-refractivity contribution in [3.8, 4) is 0 Å². The average Bonchev–Trinajstić information content (AvgIpc) is 2.75. The third kappa shape index (κ3) is 3.16. The van der Waals surface area contributed by atoms with E-state index in [2.05, 4.69) is 15.5 Å². The number of nitro benzene ring substituents is 1. The molecule has 10 heteroatoms. The van der Waals surface area contributed by atoms with Crippen LogP contribution in [0.2, 0.25) is 9.49 Å². The molecule has 0 aliphatic heterocycles. The van der Waals surface area contributed by atoms with Gasteiger partial charge in [0, 0.05) is 11.8 Å². The third-order valence-corrected chi connectivity index (χ3v) is 3.32. The minimum absolute atomic E-state index is 0.0712. The molecule has 0 aliphatic rings. The molecule has 0 atom stereocenters. The van der Waals surface area contributed by atoms with Gasteiger partial charge in [-0.2, -0.15) is 0 Å². The van der Waals surface area contributed by atoms with Crippen LogP contribution in [0.4, 0.5) is 11.4 Å². The smallest absolute Gasteiger partial charge is 0.288 e. The Balaban J connectivity index is 2.18. The fraction of sp³-hybridized carbons (Fsp3) is 0. The highest BCUT2D eigenvalue weighted by Crippen LogP contribution is 2.27. The van der Waals surface area contributed by atoms with Crippen LogP contribution in [-0.2, 0) is 0 Å². The van der Waals surface area contributed by atoms with E-state index in [9.17, 15) is 14.9 Å². The fourth-order valence-corrected chi connectivity index (χ4v) is 2.19. The molecule has 0 fully saturated rings. The summed E-state index contributed by atoms with van der Waals surface area (Å²) < 4.78 is 0.145. The van der Waals surface area contributed by atoms with Gasteiger partial charge in [0.05, 0.1) is 4.92 Å². The molecule has 1 amide bonds. The number of amides is 1. The number of aromatic nitrogens is 2. The van der Waals surface area contributed by atoms with Gasteiger partial charge in [-0.15, -0.1) is 10.2 Å². The summed E-state index contributed by atoms with van der Waals surface area (Å²) in [5, 5.41) is 20.1. The predicted molar refractivity (Wildman–Crippen MR) is 71.0 cm³/mol. The molecule has 1 aromatic heterocycles. The van der Waals surface area contributed by atoms with E-state index in [1.165, 1.54) is 18.2 Å². The highest BCUT2D eigenvalue weighted by atomic mass is 35.5. The lowest BCUT2D eigenvalue weighted by atomic mass is 10.3. The van der Waals surface area contributed by atoms with Crippen LogP contribution in [-0.4, -0.2) is 21.0 Å². The van der Waals surface area contributed by atoms with E-state index in [0.29, 0.717) is 5.69 Å². The number of hydrogen-bond donors (Lipinski definition) is 1. The highest BCUT2D eigenvalue weighted by Gasteiger charge is 2.15. The number of nitrogens with zero attached hydrogens (tertiary/aromatic N) is 3. The van der Waals surface area contributed by atoms with E-state index in [1.54, 1.807) is 0 Å². The van der Waals surface area contributed by atoms with Gasteiger partial charge in [-0.05, 0) is 23.7 Å². The maximum atomic E-state index is 11.7. The van der Waals surface area contributed by atoms with E-state index in [4.69, 9.17) is 23.2 Å². The first-order chi connectivity index (χ1) is 8.97. The number of rotatable bonds is 3. The second-order valence-corrected chi connectivity index (χ2v) is 5.20. The number of halogens is 2. The molecule has 19 heavy (non-hydrogen) atoms. The van der Waals surface area contributed by atoms with Crippen molar-refractivity contribution < 1.29 is 9.72 Å². The second kappa shape index (κ2) is 5.47. The zero-order valence-electron chi connectivity index (χ0n) is 8.96. The van der Waals surface area contributed by atoms with Gasteiger partial charge in [0.15, 0.2) is 0 Å². The normalized spacial score (nSPS) is 10.2. The molecule has 1 aromatic carbocycles. The molecule has 2 rings (SSSR count). The lowest BCUT2D eigenvalue weighted by Gasteiger charge is -2.03. The Bertz CT molecular complexity index is 661. The number of benzene rings is 1. The SMILES string of the molecule is O=C(Nc1ccc([N+](=O)[O-])c(Cl)c1)c1nnc(Cl)s1. The summed E-state index contributed by atoms with van der Waals surface area (Å²) in [6, 6.07) is 3.84. The molecule has 0 aliphatic carbocycles. The number of anilines is 1.